The van der Waals surface area contributed by atoms with Crippen LogP contribution in [0.3, 0.4) is 0 Å². The Morgan fingerprint density at radius 3 is 2.34 bits per heavy atom. The monoisotopic (exact) mass is 401 g/mol. The maximum Gasteiger partial charge on any atom is 0.416 e. The Balaban J connectivity index is 1.46. The molecule has 0 aromatic heterocycles. The normalized spacial score (nSPS) is 15.7. The summed E-state index contributed by atoms with van der Waals surface area (Å²) in [4.78, 5) is 3.48. The largest absolute Gasteiger partial charge is 0.496 e. The third-order valence-corrected chi connectivity index (χ3v) is 5.64. The van der Waals surface area contributed by atoms with Crippen molar-refractivity contribution in [1.82, 2.24) is 0 Å². The van der Waals surface area contributed by atoms with E-state index in [2.05, 4.69) is 18.2 Å². The topological polar surface area (TPSA) is 16.9 Å². The molecule has 0 amide bonds. The number of ether oxygens (including phenoxy) is 1. The predicted octanol–water partition coefficient (Wildman–Crippen LogP) is 3.77. The molecule has 1 fully saturated rings. The minimum absolute atomic E-state index is 0.588. The van der Waals surface area contributed by atoms with E-state index in [0.717, 1.165) is 49.9 Å². The number of benzene rings is 3. The van der Waals surface area contributed by atoms with E-state index in [1.54, 1.807) is 13.2 Å². The van der Waals surface area contributed by atoms with Crippen LogP contribution in [-0.4, -0.2) is 33.3 Å². The highest BCUT2D eigenvalue weighted by Gasteiger charge is 2.31. The standard InChI is InChI=1S/C23H23F3N2O/c1-29-22-10-9-17(20-7-2-3-8-21(20)22)16-27-11-13-28(14-12-27)19-6-4-5-18(15-19)23(24,25)26/h2-10,15H,11-14,16H2,1H3/p+1. The molecule has 0 aliphatic carbocycles. The van der Waals surface area contributed by atoms with E-state index >= 15 is 0 Å². The molecule has 152 valence electrons. The molecular formula is C23H24F3N2O+. The molecule has 3 nitrogen and oxygen atoms in total. The van der Waals surface area contributed by atoms with Crippen LogP contribution < -0.4 is 14.5 Å². The molecule has 3 aromatic carbocycles. The second-order valence-corrected chi connectivity index (χ2v) is 7.43. The van der Waals surface area contributed by atoms with Crippen molar-refractivity contribution in [3.05, 3.63) is 71.8 Å². The number of anilines is 1. The lowest BCUT2D eigenvalue weighted by atomic mass is 10.0. The smallest absolute Gasteiger partial charge is 0.416 e. The molecule has 1 heterocycles. The van der Waals surface area contributed by atoms with Gasteiger partial charge in [-0.15, -0.1) is 0 Å². The van der Waals surface area contributed by atoms with Gasteiger partial charge in [-0.05, 0) is 35.7 Å². The third kappa shape index (κ3) is 4.17. The lowest BCUT2D eigenvalue weighted by Gasteiger charge is -2.34. The number of methoxy groups -OCH3 is 1. The van der Waals surface area contributed by atoms with E-state index in [1.807, 2.05) is 23.1 Å². The van der Waals surface area contributed by atoms with E-state index in [4.69, 9.17) is 4.74 Å². The first-order valence-corrected chi connectivity index (χ1v) is 9.76. The van der Waals surface area contributed by atoms with E-state index in [0.29, 0.717) is 5.69 Å². The molecule has 0 unspecified atom stereocenters. The number of fused-ring (bicyclic) bond motifs is 1. The summed E-state index contributed by atoms with van der Waals surface area (Å²) in [5, 5.41) is 2.30. The van der Waals surface area contributed by atoms with Crippen LogP contribution in [0.4, 0.5) is 18.9 Å². The molecule has 3 aromatic rings. The summed E-state index contributed by atoms with van der Waals surface area (Å²) in [6, 6.07) is 18.0. The van der Waals surface area contributed by atoms with Gasteiger partial charge in [0, 0.05) is 16.6 Å². The summed E-state index contributed by atoms with van der Waals surface area (Å²) in [5.74, 6) is 0.869. The third-order valence-electron chi connectivity index (χ3n) is 5.64. The maximum absolute atomic E-state index is 13.0. The van der Waals surface area contributed by atoms with Crippen LogP contribution in [-0.2, 0) is 12.7 Å². The van der Waals surface area contributed by atoms with Crippen molar-refractivity contribution >= 4 is 16.5 Å². The zero-order valence-electron chi connectivity index (χ0n) is 16.3. The van der Waals surface area contributed by atoms with E-state index in [-0.39, 0.29) is 0 Å². The first-order chi connectivity index (χ1) is 14.0. The van der Waals surface area contributed by atoms with Crippen molar-refractivity contribution in [2.75, 3.05) is 38.2 Å². The molecule has 0 bridgehead atoms. The number of halogens is 3. The molecule has 0 atom stereocenters. The van der Waals surface area contributed by atoms with Gasteiger partial charge in [0.05, 0.1) is 38.9 Å². The van der Waals surface area contributed by atoms with Crippen molar-refractivity contribution in [3.63, 3.8) is 0 Å². The highest BCUT2D eigenvalue weighted by Crippen LogP contribution is 2.32. The number of nitrogens with one attached hydrogen (secondary N) is 1. The lowest BCUT2D eigenvalue weighted by molar-refractivity contribution is -0.914. The number of alkyl halides is 3. The number of hydrogen-bond donors (Lipinski definition) is 1. The summed E-state index contributed by atoms with van der Waals surface area (Å²) in [5.41, 5.74) is 1.33. The quantitative estimate of drug-likeness (QED) is 0.717. The van der Waals surface area contributed by atoms with E-state index in [9.17, 15) is 13.2 Å². The van der Waals surface area contributed by atoms with E-state index < -0.39 is 11.7 Å². The summed E-state index contributed by atoms with van der Waals surface area (Å²) >= 11 is 0. The van der Waals surface area contributed by atoms with Crippen molar-refractivity contribution in [1.29, 1.82) is 0 Å². The van der Waals surface area contributed by atoms with Gasteiger partial charge in [-0.25, -0.2) is 0 Å². The zero-order chi connectivity index (χ0) is 20.4. The molecule has 1 N–H and O–H groups in total. The Hall–Kier alpha value is -2.73. The molecule has 1 aliphatic rings. The van der Waals surface area contributed by atoms with Crippen molar-refractivity contribution in [3.8, 4) is 5.75 Å². The average Bonchev–Trinajstić information content (AvgIpc) is 2.74. The molecule has 0 radical (unpaired) electrons. The fourth-order valence-corrected chi connectivity index (χ4v) is 4.07. The van der Waals surface area contributed by atoms with Gasteiger partial charge < -0.3 is 14.5 Å². The fourth-order valence-electron chi connectivity index (χ4n) is 4.07. The number of piperazine rings is 1. The summed E-state index contributed by atoms with van der Waals surface area (Å²) in [7, 11) is 1.68. The molecule has 1 aliphatic heterocycles. The van der Waals surface area contributed by atoms with Crippen molar-refractivity contribution in [2.45, 2.75) is 12.7 Å². The van der Waals surface area contributed by atoms with E-state index in [1.165, 1.54) is 28.0 Å². The summed E-state index contributed by atoms with van der Waals surface area (Å²) in [6.07, 6.45) is -4.31. The van der Waals surface area contributed by atoms with Gasteiger partial charge in [0.15, 0.2) is 0 Å². The minimum atomic E-state index is -4.31. The number of nitrogens with zero attached hydrogens (tertiary/aromatic N) is 1. The Labute approximate surface area is 168 Å². The van der Waals surface area contributed by atoms with Crippen LogP contribution in [0.1, 0.15) is 11.1 Å². The van der Waals surface area contributed by atoms with Crippen LogP contribution in [0.15, 0.2) is 60.7 Å². The van der Waals surface area contributed by atoms with Gasteiger partial charge in [-0.1, -0.05) is 30.3 Å². The van der Waals surface area contributed by atoms with Gasteiger partial charge in [-0.2, -0.15) is 13.2 Å². The molecule has 6 heteroatoms. The lowest BCUT2D eigenvalue weighted by Crippen LogP contribution is -3.13. The van der Waals surface area contributed by atoms with Crippen LogP contribution in [0, 0.1) is 0 Å². The Bertz CT molecular complexity index is 995. The average molecular weight is 401 g/mol. The summed E-state index contributed by atoms with van der Waals surface area (Å²) < 4.78 is 44.4. The zero-order valence-corrected chi connectivity index (χ0v) is 16.3. The molecule has 0 spiro atoms. The van der Waals surface area contributed by atoms with Gasteiger partial charge in [0.25, 0.3) is 0 Å². The van der Waals surface area contributed by atoms with Gasteiger partial charge in [0.1, 0.15) is 12.3 Å². The molecule has 0 saturated carbocycles. The van der Waals surface area contributed by atoms with Crippen LogP contribution in [0.5, 0.6) is 5.75 Å². The Kier molecular flexibility index (Phi) is 5.37. The number of hydrogen-bond acceptors (Lipinski definition) is 2. The second kappa shape index (κ2) is 7.95. The Morgan fingerprint density at radius 1 is 0.931 bits per heavy atom. The Morgan fingerprint density at radius 2 is 1.66 bits per heavy atom. The predicted molar refractivity (Wildman–Crippen MR) is 109 cm³/mol. The highest BCUT2D eigenvalue weighted by atomic mass is 19.4. The van der Waals surface area contributed by atoms with Gasteiger partial charge >= 0.3 is 6.18 Å². The number of quaternary nitrogens is 1. The summed E-state index contributed by atoms with van der Waals surface area (Å²) in [6.45, 7) is 4.14. The molecular weight excluding hydrogens is 377 g/mol. The first-order valence-electron chi connectivity index (χ1n) is 9.76. The fraction of sp³-hybridized carbons (Fsp3) is 0.304. The van der Waals surface area contributed by atoms with Crippen LogP contribution >= 0.6 is 0 Å². The first kappa shape index (κ1) is 19.6. The van der Waals surface area contributed by atoms with Gasteiger partial charge in [0.2, 0.25) is 0 Å². The SMILES string of the molecule is COc1ccc(C[NH+]2CCN(c3cccc(C(F)(F)F)c3)CC2)c2ccccc12. The minimum Gasteiger partial charge on any atom is -0.496 e. The van der Waals surface area contributed by atoms with Crippen molar-refractivity contribution < 1.29 is 22.8 Å². The number of rotatable bonds is 4. The molecule has 29 heavy (non-hydrogen) atoms. The second-order valence-electron chi connectivity index (χ2n) is 7.43. The maximum atomic E-state index is 13.0. The van der Waals surface area contributed by atoms with Gasteiger partial charge in [-0.3, -0.25) is 0 Å². The van der Waals surface area contributed by atoms with Crippen LogP contribution in [0.2, 0.25) is 0 Å². The molecule has 4 rings (SSSR count). The molecule has 1 saturated heterocycles. The van der Waals surface area contributed by atoms with Crippen LogP contribution in [0.25, 0.3) is 10.8 Å². The highest BCUT2D eigenvalue weighted by molar-refractivity contribution is 5.90. The van der Waals surface area contributed by atoms with Crippen molar-refractivity contribution in [2.24, 2.45) is 0 Å².